The Kier molecular flexibility index (Phi) is 4.74. The van der Waals surface area contributed by atoms with E-state index in [-0.39, 0.29) is 5.91 Å². The molecule has 0 fully saturated rings. The number of aromatic amines is 1. The molecule has 0 unspecified atom stereocenters. The van der Waals surface area contributed by atoms with Crippen molar-refractivity contribution in [2.24, 2.45) is 0 Å². The number of aromatic nitrogens is 3. The van der Waals surface area contributed by atoms with Crippen LogP contribution in [0.25, 0.3) is 0 Å². The molecule has 19 heavy (non-hydrogen) atoms. The number of nitrogens with one attached hydrogen (secondary N) is 2. The fraction of sp³-hybridized carbons (Fsp3) is 0.154. The Morgan fingerprint density at radius 1 is 1.47 bits per heavy atom. The second kappa shape index (κ2) is 6.75. The van der Waals surface area contributed by atoms with Gasteiger partial charge in [-0.3, -0.25) is 9.89 Å². The van der Waals surface area contributed by atoms with Crippen LogP contribution < -0.4 is 5.32 Å². The van der Waals surface area contributed by atoms with E-state index in [1.807, 2.05) is 24.3 Å². The monoisotopic (exact) mass is 274 g/mol. The van der Waals surface area contributed by atoms with Gasteiger partial charge in [0.25, 0.3) is 5.91 Å². The van der Waals surface area contributed by atoms with Crippen molar-refractivity contribution in [3.05, 3.63) is 54.4 Å². The lowest BCUT2D eigenvalue weighted by Gasteiger charge is -2.08. The van der Waals surface area contributed by atoms with Crippen molar-refractivity contribution < 1.29 is 4.79 Å². The quantitative estimate of drug-likeness (QED) is 0.624. The zero-order chi connectivity index (χ0) is 13.5. The molecule has 6 heteroatoms. The van der Waals surface area contributed by atoms with Crippen LogP contribution in [0.1, 0.15) is 15.9 Å². The molecule has 1 amide bonds. The maximum atomic E-state index is 12.0. The van der Waals surface area contributed by atoms with Gasteiger partial charge in [-0.2, -0.15) is 5.10 Å². The molecule has 0 atom stereocenters. The second-order valence-corrected chi connectivity index (χ2v) is 4.70. The lowest BCUT2D eigenvalue weighted by atomic mass is 10.1. The zero-order valence-corrected chi connectivity index (χ0v) is 11.1. The molecule has 98 valence electrons. The lowest BCUT2D eigenvalue weighted by molar-refractivity contribution is 0.0957. The van der Waals surface area contributed by atoms with Gasteiger partial charge in [-0.25, -0.2) is 4.98 Å². The van der Waals surface area contributed by atoms with E-state index in [0.717, 1.165) is 10.7 Å². The number of nitrogens with zero attached hydrogens (tertiary/aromatic N) is 2. The number of carbonyl (C=O) groups excluding carboxylic acids is 1. The maximum Gasteiger partial charge on any atom is 0.251 e. The number of hydrogen-bond donors (Lipinski definition) is 2. The van der Waals surface area contributed by atoms with Gasteiger partial charge in [-0.15, -0.1) is 6.58 Å². The summed E-state index contributed by atoms with van der Waals surface area (Å²) in [5.41, 5.74) is 1.64. The third-order valence-corrected chi connectivity index (χ3v) is 3.35. The van der Waals surface area contributed by atoms with Gasteiger partial charge in [0.2, 0.25) is 0 Å². The first kappa shape index (κ1) is 13.4. The SMILES string of the molecule is C=CCNC(=O)c1ccccc1CSc1ncn[nH]1. The van der Waals surface area contributed by atoms with Crippen LogP contribution in [0.5, 0.6) is 0 Å². The van der Waals surface area contributed by atoms with Crippen molar-refractivity contribution in [1.82, 2.24) is 20.5 Å². The highest BCUT2D eigenvalue weighted by Gasteiger charge is 2.10. The third-order valence-electron chi connectivity index (χ3n) is 2.43. The highest BCUT2D eigenvalue weighted by atomic mass is 32.2. The van der Waals surface area contributed by atoms with Gasteiger partial charge in [0, 0.05) is 17.9 Å². The number of hydrogen-bond acceptors (Lipinski definition) is 4. The Labute approximate surface area is 115 Å². The minimum atomic E-state index is -0.0892. The highest BCUT2D eigenvalue weighted by Crippen LogP contribution is 2.20. The van der Waals surface area contributed by atoms with E-state index in [1.165, 1.54) is 18.1 Å². The molecule has 2 rings (SSSR count). The van der Waals surface area contributed by atoms with Gasteiger partial charge in [-0.05, 0) is 11.6 Å². The predicted molar refractivity (Wildman–Crippen MR) is 74.9 cm³/mol. The van der Waals surface area contributed by atoms with Crippen molar-refractivity contribution in [1.29, 1.82) is 0 Å². The number of benzene rings is 1. The molecule has 0 saturated heterocycles. The van der Waals surface area contributed by atoms with E-state index in [4.69, 9.17) is 0 Å². The Hall–Kier alpha value is -2.08. The van der Waals surface area contributed by atoms with Crippen LogP contribution >= 0.6 is 11.8 Å². The first-order valence-electron chi connectivity index (χ1n) is 5.76. The molecule has 0 aliphatic heterocycles. The van der Waals surface area contributed by atoms with Crippen LogP contribution in [0.4, 0.5) is 0 Å². The van der Waals surface area contributed by atoms with Crippen LogP contribution in [-0.4, -0.2) is 27.6 Å². The normalized spacial score (nSPS) is 10.1. The molecule has 0 bridgehead atoms. The summed E-state index contributed by atoms with van der Waals surface area (Å²) in [6.07, 6.45) is 3.12. The van der Waals surface area contributed by atoms with Crippen LogP contribution in [-0.2, 0) is 5.75 Å². The van der Waals surface area contributed by atoms with E-state index >= 15 is 0 Å². The Morgan fingerprint density at radius 2 is 2.32 bits per heavy atom. The summed E-state index contributed by atoms with van der Waals surface area (Å²) in [7, 11) is 0. The smallest absolute Gasteiger partial charge is 0.251 e. The van der Waals surface area contributed by atoms with Crippen molar-refractivity contribution >= 4 is 17.7 Å². The van der Waals surface area contributed by atoms with E-state index in [9.17, 15) is 4.79 Å². The molecule has 5 nitrogen and oxygen atoms in total. The molecule has 1 aromatic heterocycles. The molecule has 0 spiro atoms. The summed E-state index contributed by atoms with van der Waals surface area (Å²) < 4.78 is 0. The van der Waals surface area contributed by atoms with Gasteiger partial charge in [-0.1, -0.05) is 36.0 Å². The Balaban J connectivity index is 2.07. The van der Waals surface area contributed by atoms with Crippen LogP contribution in [0.2, 0.25) is 0 Å². The summed E-state index contributed by atoms with van der Waals surface area (Å²) in [4.78, 5) is 16.0. The van der Waals surface area contributed by atoms with Gasteiger partial charge in [0.1, 0.15) is 6.33 Å². The summed E-state index contributed by atoms with van der Waals surface area (Å²) in [5.74, 6) is 0.570. The highest BCUT2D eigenvalue weighted by molar-refractivity contribution is 7.98. The fourth-order valence-corrected chi connectivity index (χ4v) is 2.32. The summed E-state index contributed by atoms with van der Waals surface area (Å²) in [6.45, 7) is 4.04. The summed E-state index contributed by atoms with van der Waals surface area (Å²) >= 11 is 1.51. The predicted octanol–water partition coefficient (Wildman–Crippen LogP) is 2.01. The second-order valence-electron chi connectivity index (χ2n) is 3.74. The van der Waals surface area contributed by atoms with Crippen molar-refractivity contribution in [2.75, 3.05) is 6.54 Å². The van der Waals surface area contributed by atoms with Gasteiger partial charge in [0.05, 0.1) is 0 Å². The molecule has 2 aromatic rings. The molecule has 0 aliphatic carbocycles. The number of carbonyl (C=O) groups is 1. The van der Waals surface area contributed by atoms with E-state index in [1.54, 1.807) is 6.08 Å². The molecule has 1 aromatic carbocycles. The average Bonchev–Trinajstić information content (AvgIpc) is 2.96. The van der Waals surface area contributed by atoms with Crippen LogP contribution in [0.3, 0.4) is 0 Å². The number of H-pyrrole nitrogens is 1. The first-order valence-corrected chi connectivity index (χ1v) is 6.75. The molecule has 1 heterocycles. The van der Waals surface area contributed by atoms with Crippen LogP contribution in [0, 0.1) is 0 Å². The first-order chi connectivity index (χ1) is 9.31. The topological polar surface area (TPSA) is 70.7 Å². The van der Waals surface area contributed by atoms with Gasteiger partial charge < -0.3 is 5.32 Å². The van der Waals surface area contributed by atoms with E-state index in [0.29, 0.717) is 17.9 Å². The van der Waals surface area contributed by atoms with Crippen molar-refractivity contribution in [3.63, 3.8) is 0 Å². The summed E-state index contributed by atoms with van der Waals surface area (Å²) in [5, 5.41) is 10.1. The average molecular weight is 274 g/mol. The molecular formula is C13H14N4OS. The third kappa shape index (κ3) is 3.69. The molecule has 0 radical (unpaired) electrons. The standard InChI is InChI=1S/C13H14N4OS/c1-2-7-14-12(18)11-6-4-3-5-10(11)8-19-13-15-9-16-17-13/h2-6,9H,1,7-8H2,(H,14,18)(H,15,16,17). The van der Waals surface area contributed by atoms with E-state index < -0.39 is 0 Å². The summed E-state index contributed by atoms with van der Waals surface area (Å²) in [6, 6.07) is 7.52. The maximum absolute atomic E-state index is 12.0. The van der Waals surface area contributed by atoms with Crippen LogP contribution in [0.15, 0.2) is 48.4 Å². The zero-order valence-electron chi connectivity index (χ0n) is 10.3. The molecule has 0 saturated carbocycles. The largest absolute Gasteiger partial charge is 0.349 e. The minimum absolute atomic E-state index is 0.0892. The number of thioether (sulfide) groups is 1. The molecule has 2 N–H and O–H groups in total. The Bertz CT molecular complexity index is 554. The number of amides is 1. The molecule has 0 aliphatic rings. The van der Waals surface area contributed by atoms with Crippen molar-refractivity contribution in [2.45, 2.75) is 10.9 Å². The molecular weight excluding hydrogens is 260 g/mol. The van der Waals surface area contributed by atoms with Gasteiger partial charge >= 0.3 is 0 Å². The minimum Gasteiger partial charge on any atom is -0.349 e. The lowest BCUT2D eigenvalue weighted by Crippen LogP contribution is -2.24. The fourth-order valence-electron chi connectivity index (χ4n) is 1.54. The van der Waals surface area contributed by atoms with Crippen molar-refractivity contribution in [3.8, 4) is 0 Å². The Morgan fingerprint density at radius 3 is 3.05 bits per heavy atom. The van der Waals surface area contributed by atoms with E-state index in [2.05, 4.69) is 27.1 Å². The number of rotatable bonds is 6. The van der Waals surface area contributed by atoms with Gasteiger partial charge in [0.15, 0.2) is 5.16 Å².